The quantitative estimate of drug-likeness (QED) is 0.703. The summed E-state index contributed by atoms with van der Waals surface area (Å²) in [5.41, 5.74) is 4.78. The number of aliphatic imine (C=N–C) groups is 1. The highest BCUT2D eigenvalue weighted by Crippen LogP contribution is 2.33. The van der Waals surface area contributed by atoms with Gasteiger partial charge in [-0.3, -0.25) is 14.5 Å². The highest BCUT2D eigenvalue weighted by molar-refractivity contribution is 8.15. The number of carbonyl (C=O) groups is 2. The van der Waals surface area contributed by atoms with Gasteiger partial charge in [0.1, 0.15) is 5.25 Å². The average molecular weight is 408 g/mol. The standard InChI is InChI=1S/C23H25N3O2S/c1-5-12-26-22(28)20(14-21(27)24-18-9-7-6-8-16(18)3)29-23(26)25-19-11-10-15(2)13-17(19)4/h5-11,13,20H,1,12,14H2,2-4H3,(H,24,27)/t20-/m0/s1. The van der Waals surface area contributed by atoms with Crippen molar-refractivity contribution >= 4 is 40.1 Å². The van der Waals surface area contributed by atoms with Gasteiger partial charge in [-0.2, -0.15) is 0 Å². The maximum atomic E-state index is 12.9. The second kappa shape index (κ2) is 9.09. The van der Waals surface area contributed by atoms with Crippen molar-refractivity contribution < 1.29 is 9.59 Å². The van der Waals surface area contributed by atoms with Crippen molar-refractivity contribution in [1.82, 2.24) is 4.90 Å². The summed E-state index contributed by atoms with van der Waals surface area (Å²) in [7, 11) is 0. The first-order valence-corrected chi connectivity index (χ1v) is 10.4. The first-order chi connectivity index (χ1) is 13.9. The van der Waals surface area contributed by atoms with E-state index in [1.807, 2.05) is 57.2 Å². The summed E-state index contributed by atoms with van der Waals surface area (Å²) < 4.78 is 0. The molecule has 150 valence electrons. The lowest BCUT2D eigenvalue weighted by Gasteiger charge is -2.14. The summed E-state index contributed by atoms with van der Waals surface area (Å²) in [6.45, 7) is 10.1. The molecule has 1 atom stereocenters. The van der Waals surface area contributed by atoms with Crippen LogP contribution in [0.3, 0.4) is 0 Å². The number of benzene rings is 2. The number of hydrogen-bond donors (Lipinski definition) is 1. The third-order valence-electron chi connectivity index (χ3n) is 4.69. The van der Waals surface area contributed by atoms with E-state index in [9.17, 15) is 9.59 Å². The molecule has 0 radical (unpaired) electrons. The molecule has 2 amide bonds. The fourth-order valence-corrected chi connectivity index (χ4v) is 4.30. The summed E-state index contributed by atoms with van der Waals surface area (Å²) >= 11 is 1.34. The van der Waals surface area contributed by atoms with Gasteiger partial charge < -0.3 is 5.32 Å². The van der Waals surface area contributed by atoms with Gasteiger partial charge in [0.15, 0.2) is 5.17 Å². The Morgan fingerprint density at radius 3 is 2.66 bits per heavy atom. The topological polar surface area (TPSA) is 61.8 Å². The maximum absolute atomic E-state index is 12.9. The molecule has 0 unspecified atom stereocenters. The third-order valence-corrected chi connectivity index (χ3v) is 5.87. The van der Waals surface area contributed by atoms with Gasteiger partial charge in [0.05, 0.1) is 5.69 Å². The largest absolute Gasteiger partial charge is 0.326 e. The van der Waals surface area contributed by atoms with Gasteiger partial charge in [-0.15, -0.1) is 6.58 Å². The monoisotopic (exact) mass is 407 g/mol. The fourth-order valence-electron chi connectivity index (χ4n) is 3.14. The van der Waals surface area contributed by atoms with E-state index in [2.05, 4.69) is 18.0 Å². The molecule has 1 heterocycles. The molecule has 0 saturated carbocycles. The van der Waals surface area contributed by atoms with E-state index >= 15 is 0 Å². The second-order valence-corrected chi connectivity index (χ2v) is 8.27. The molecule has 2 aromatic carbocycles. The van der Waals surface area contributed by atoms with Crippen molar-refractivity contribution in [2.75, 3.05) is 11.9 Å². The van der Waals surface area contributed by atoms with Crippen molar-refractivity contribution in [3.63, 3.8) is 0 Å². The second-order valence-electron chi connectivity index (χ2n) is 7.10. The lowest BCUT2D eigenvalue weighted by molar-refractivity contribution is -0.127. The fraction of sp³-hybridized carbons (Fsp3) is 0.261. The third kappa shape index (κ3) is 4.95. The summed E-state index contributed by atoms with van der Waals surface area (Å²) in [4.78, 5) is 31.7. The predicted octanol–water partition coefficient (Wildman–Crippen LogP) is 4.76. The van der Waals surface area contributed by atoms with Gasteiger partial charge in [-0.05, 0) is 44.0 Å². The van der Waals surface area contributed by atoms with Crippen LogP contribution in [0.5, 0.6) is 0 Å². The van der Waals surface area contributed by atoms with E-state index in [1.165, 1.54) is 11.8 Å². The number of amidine groups is 1. The Kier molecular flexibility index (Phi) is 6.54. The lowest BCUT2D eigenvalue weighted by Crippen LogP contribution is -2.33. The first-order valence-electron chi connectivity index (χ1n) is 9.49. The Labute approximate surface area is 175 Å². The van der Waals surface area contributed by atoms with Gasteiger partial charge in [0, 0.05) is 18.7 Å². The minimum Gasteiger partial charge on any atom is -0.326 e. The molecule has 29 heavy (non-hydrogen) atoms. The highest BCUT2D eigenvalue weighted by atomic mass is 32.2. The predicted molar refractivity (Wildman–Crippen MR) is 121 cm³/mol. The number of aryl methyl sites for hydroxylation is 3. The van der Waals surface area contributed by atoms with E-state index in [0.29, 0.717) is 11.7 Å². The van der Waals surface area contributed by atoms with Crippen LogP contribution in [0, 0.1) is 20.8 Å². The van der Waals surface area contributed by atoms with Crippen molar-refractivity contribution in [3.8, 4) is 0 Å². The number of nitrogens with one attached hydrogen (secondary N) is 1. The molecule has 1 aliphatic heterocycles. The minimum absolute atomic E-state index is 0.0946. The molecule has 1 fully saturated rings. The van der Waals surface area contributed by atoms with Crippen LogP contribution in [0.2, 0.25) is 0 Å². The van der Waals surface area contributed by atoms with Crippen LogP contribution in [-0.4, -0.2) is 33.7 Å². The molecule has 1 N–H and O–H groups in total. The summed E-state index contributed by atoms with van der Waals surface area (Å²) in [5, 5.41) is 3.01. The van der Waals surface area contributed by atoms with E-state index in [-0.39, 0.29) is 18.2 Å². The minimum atomic E-state index is -0.497. The number of para-hydroxylation sites is 1. The molecule has 2 aromatic rings. The molecule has 0 bridgehead atoms. The number of hydrogen-bond acceptors (Lipinski definition) is 4. The summed E-state index contributed by atoms with van der Waals surface area (Å²) in [6.07, 6.45) is 1.77. The smallest absolute Gasteiger partial charge is 0.242 e. The van der Waals surface area contributed by atoms with Crippen molar-refractivity contribution in [1.29, 1.82) is 0 Å². The van der Waals surface area contributed by atoms with Crippen LogP contribution >= 0.6 is 11.8 Å². The summed E-state index contributed by atoms with van der Waals surface area (Å²) in [6, 6.07) is 13.6. The van der Waals surface area contributed by atoms with Crippen LogP contribution in [0.15, 0.2) is 60.1 Å². The van der Waals surface area contributed by atoms with Gasteiger partial charge >= 0.3 is 0 Å². The van der Waals surface area contributed by atoms with E-state index < -0.39 is 5.25 Å². The normalized spacial score (nSPS) is 17.6. The maximum Gasteiger partial charge on any atom is 0.242 e. The first kappa shape index (κ1) is 20.9. The van der Waals surface area contributed by atoms with Crippen LogP contribution in [0.1, 0.15) is 23.1 Å². The number of rotatable bonds is 6. The molecule has 5 nitrogen and oxygen atoms in total. The molecule has 1 aliphatic rings. The van der Waals surface area contributed by atoms with Crippen LogP contribution in [0.25, 0.3) is 0 Å². The Morgan fingerprint density at radius 1 is 1.21 bits per heavy atom. The van der Waals surface area contributed by atoms with Gasteiger partial charge in [-0.1, -0.05) is 53.7 Å². The van der Waals surface area contributed by atoms with E-state index in [0.717, 1.165) is 28.1 Å². The van der Waals surface area contributed by atoms with E-state index in [1.54, 1.807) is 11.0 Å². The zero-order valence-electron chi connectivity index (χ0n) is 16.9. The number of thioether (sulfide) groups is 1. The molecule has 1 saturated heterocycles. The van der Waals surface area contributed by atoms with Gasteiger partial charge in [0.25, 0.3) is 0 Å². The molecule has 3 rings (SSSR count). The van der Waals surface area contributed by atoms with Crippen molar-refractivity contribution in [2.24, 2.45) is 4.99 Å². The number of nitrogens with zero attached hydrogens (tertiary/aromatic N) is 2. The lowest BCUT2D eigenvalue weighted by atomic mass is 10.1. The average Bonchev–Trinajstić information content (AvgIpc) is 2.95. The van der Waals surface area contributed by atoms with Gasteiger partial charge in [-0.25, -0.2) is 4.99 Å². The zero-order chi connectivity index (χ0) is 21.0. The Bertz CT molecular complexity index is 984. The van der Waals surface area contributed by atoms with Crippen LogP contribution < -0.4 is 5.32 Å². The van der Waals surface area contributed by atoms with Crippen LogP contribution in [0.4, 0.5) is 11.4 Å². The zero-order valence-corrected chi connectivity index (χ0v) is 17.8. The van der Waals surface area contributed by atoms with Crippen molar-refractivity contribution in [2.45, 2.75) is 32.4 Å². The SMILES string of the molecule is C=CCN1C(=O)[C@H](CC(=O)Nc2ccccc2C)SC1=Nc1ccc(C)cc1C. The van der Waals surface area contributed by atoms with Crippen LogP contribution in [-0.2, 0) is 9.59 Å². The summed E-state index contributed by atoms with van der Waals surface area (Å²) in [5.74, 6) is -0.296. The molecular weight excluding hydrogens is 382 g/mol. The highest BCUT2D eigenvalue weighted by Gasteiger charge is 2.38. The molecule has 0 aromatic heterocycles. The van der Waals surface area contributed by atoms with Gasteiger partial charge in [0.2, 0.25) is 11.8 Å². The number of carbonyl (C=O) groups excluding carboxylic acids is 2. The Morgan fingerprint density at radius 2 is 1.97 bits per heavy atom. The molecule has 6 heteroatoms. The Balaban J connectivity index is 1.78. The molecular formula is C23H25N3O2S. The number of anilines is 1. The Hall–Kier alpha value is -2.86. The molecule has 0 aliphatic carbocycles. The number of amides is 2. The van der Waals surface area contributed by atoms with Crippen molar-refractivity contribution in [3.05, 3.63) is 71.8 Å². The van der Waals surface area contributed by atoms with E-state index in [4.69, 9.17) is 4.99 Å². The molecule has 0 spiro atoms.